The molecule has 4 N–H and O–H groups in total. The molecule has 1 unspecified atom stereocenters. The Bertz CT molecular complexity index is 287. The monoisotopic (exact) mass is 273 g/mol. The van der Waals surface area contributed by atoms with Gasteiger partial charge in [0.25, 0.3) is 0 Å². The summed E-state index contributed by atoms with van der Waals surface area (Å²) in [6.07, 6.45) is 2.05. The Morgan fingerprint density at radius 3 is 2.37 bits per heavy atom. The van der Waals surface area contributed by atoms with Crippen molar-refractivity contribution in [2.24, 2.45) is 5.73 Å². The third-order valence-electron chi connectivity index (χ3n) is 2.44. The summed E-state index contributed by atoms with van der Waals surface area (Å²) in [6, 6.07) is -0.0873. The van der Waals surface area contributed by atoms with Gasteiger partial charge in [-0.3, -0.25) is 4.79 Å². The molecule has 6 heteroatoms. The number of hydrogen-bond donors (Lipinski definition) is 3. The predicted molar refractivity (Wildman–Crippen MR) is 74.7 cm³/mol. The minimum atomic E-state index is -0.525. The Morgan fingerprint density at radius 2 is 1.89 bits per heavy atom. The molecular weight excluding hydrogens is 246 g/mol. The SMILES string of the molecule is CNCCCC(CCC(N)=O)NC(=O)OC(C)(C)C. The standard InChI is InChI=1S/C13H27N3O3/c1-13(2,3)19-12(18)16-10(6-5-9-15-4)7-8-11(14)17/h10,15H,5-9H2,1-4H3,(H2,14,17)(H,16,18). The van der Waals surface area contributed by atoms with Crippen LogP contribution in [0.4, 0.5) is 4.79 Å². The first kappa shape index (κ1) is 17.7. The lowest BCUT2D eigenvalue weighted by molar-refractivity contribution is -0.118. The van der Waals surface area contributed by atoms with Crippen molar-refractivity contribution in [3.8, 4) is 0 Å². The molecule has 0 aromatic rings. The summed E-state index contributed by atoms with van der Waals surface area (Å²) < 4.78 is 5.20. The van der Waals surface area contributed by atoms with Gasteiger partial charge in [0.2, 0.25) is 5.91 Å². The van der Waals surface area contributed by atoms with Crippen LogP contribution >= 0.6 is 0 Å². The van der Waals surface area contributed by atoms with Gasteiger partial charge < -0.3 is 21.1 Å². The largest absolute Gasteiger partial charge is 0.444 e. The molecule has 0 aromatic carbocycles. The molecule has 0 rings (SSSR count). The number of carbonyl (C=O) groups excluding carboxylic acids is 2. The molecule has 0 aliphatic rings. The zero-order valence-electron chi connectivity index (χ0n) is 12.4. The van der Waals surface area contributed by atoms with Crippen LogP contribution in [-0.2, 0) is 9.53 Å². The van der Waals surface area contributed by atoms with Gasteiger partial charge in [0.05, 0.1) is 0 Å². The lowest BCUT2D eigenvalue weighted by atomic mass is 10.1. The lowest BCUT2D eigenvalue weighted by Crippen LogP contribution is -2.39. The quantitative estimate of drug-likeness (QED) is 0.578. The van der Waals surface area contributed by atoms with E-state index in [0.29, 0.717) is 6.42 Å². The fourth-order valence-corrected chi connectivity index (χ4v) is 1.60. The highest BCUT2D eigenvalue weighted by atomic mass is 16.6. The van der Waals surface area contributed by atoms with E-state index in [1.165, 1.54) is 0 Å². The van der Waals surface area contributed by atoms with E-state index in [-0.39, 0.29) is 18.4 Å². The third kappa shape index (κ3) is 11.5. The van der Waals surface area contributed by atoms with Gasteiger partial charge >= 0.3 is 6.09 Å². The van der Waals surface area contributed by atoms with E-state index < -0.39 is 11.7 Å². The minimum absolute atomic E-state index is 0.0873. The normalized spacial score (nSPS) is 12.8. The average Bonchev–Trinajstić information content (AvgIpc) is 2.23. The number of hydrogen-bond acceptors (Lipinski definition) is 4. The fourth-order valence-electron chi connectivity index (χ4n) is 1.60. The van der Waals surface area contributed by atoms with Crippen molar-refractivity contribution in [2.75, 3.05) is 13.6 Å². The highest BCUT2D eigenvalue weighted by molar-refractivity contribution is 5.74. The molecule has 0 aromatic heterocycles. The molecule has 1 atom stereocenters. The molecule has 0 saturated heterocycles. The summed E-state index contributed by atoms with van der Waals surface area (Å²) in [5.74, 6) is -0.357. The first-order valence-electron chi connectivity index (χ1n) is 6.67. The van der Waals surface area contributed by atoms with Crippen molar-refractivity contribution in [2.45, 2.75) is 58.1 Å². The Balaban J connectivity index is 4.22. The maximum Gasteiger partial charge on any atom is 0.407 e. The number of alkyl carbamates (subject to hydrolysis) is 1. The molecule has 0 bridgehead atoms. The van der Waals surface area contributed by atoms with E-state index in [9.17, 15) is 9.59 Å². The van der Waals surface area contributed by atoms with Crippen molar-refractivity contribution in [1.82, 2.24) is 10.6 Å². The van der Waals surface area contributed by atoms with Crippen LogP contribution in [0, 0.1) is 0 Å². The van der Waals surface area contributed by atoms with Gasteiger partial charge in [-0.05, 0) is 53.6 Å². The summed E-state index contributed by atoms with van der Waals surface area (Å²) in [6.45, 7) is 6.30. The van der Waals surface area contributed by atoms with Crippen LogP contribution in [0.2, 0.25) is 0 Å². The number of rotatable bonds is 8. The zero-order chi connectivity index (χ0) is 14.9. The van der Waals surface area contributed by atoms with Crippen LogP contribution in [0.3, 0.4) is 0 Å². The Hall–Kier alpha value is -1.30. The second-order valence-corrected chi connectivity index (χ2v) is 5.59. The Morgan fingerprint density at radius 1 is 1.26 bits per heavy atom. The Labute approximate surface area is 115 Å². The zero-order valence-corrected chi connectivity index (χ0v) is 12.4. The topological polar surface area (TPSA) is 93.5 Å². The van der Waals surface area contributed by atoms with Crippen molar-refractivity contribution in [1.29, 1.82) is 0 Å². The van der Waals surface area contributed by atoms with E-state index in [4.69, 9.17) is 10.5 Å². The molecule has 0 aliphatic carbocycles. The van der Waals surface area contributed by atoms with E-state index >= 15 is 0 Å². The van der Waals surface area contributed by atoms with Crippen molar-refractivity contribution in [3.05, 3.63) is 0 Å². The van der Waals surface area contributed by atoms with Crippen LogP contribution in [-0.4, -0.2) is 37.2 Å². The molecule has 0 fully saturated rings. The number of nitrogens with one attached hydrogen (secondary N) is 2. The van der Waals surface area contributed by atoms with Crippen molar-refractivity contribution < 1.29 is 14.3 Å². The molecule has 0 radical (unpaired) electrons. The van der Waals surface area contributed by atoms with Crippen LogP contribution in [0.5, 0.6) is 0 Å². The number of amides is 2. The van der Waals surface area contributed by atoms with Crippen LogP contribution in [0.25, 0.3) is 0 Å². The fraction of sp³-hybridized carbons (Fsp3) is 0.846. The summed E-state index contributed by atoms with van der Waals surface area (Å²) in [5.41, 5.74) is 4.61. The summed E-state index contributed by atoms with van der Waals surface area (Å²) in [7, 11) is 1.87. The van der Waals surface area contributed by atoms with E-state index in [0.717, 1.165) is 19.4 Å². The van der Waals surface area contributed by atoms with E-state index in [2.05, 4.69) is 10.6 Å². The number of primary amides is 1. The number of nitrogens with two attached hydrogens (primary N) is 1. The van der Waals surface area contributed by atoms with Crippen LogP contribution < -0.4 is 16.4 Å². The third-order valence-corrected chi connectivity index (χ3v) is 2.44. The van der Waals surface area contributed by atoms with Gasteiger partial charge in [-0.1, -0.05) is 0 Å². The molecule has 0 aliphatic heterocycles. The molecule has 2 amide bonds. The second-order valence-electron chi connectivity index (χ2n) is 5.59. The minimum Gasteiger partial charge on any atom is -0.444 e. The molecule has 0 heterocycles. The van der Waals surface area contributed by atoms with Gasteiger partial charge in [-0.2, -0.15) is 0 Å². The van der Waals surface area contributed by atoms with Crippen LogP contribution in [0.1, 0.15) is 46.5 Å². The highest BCUT2D eigenvalue weighted by Gasteiger charge is 2.19. The first-order chi connectivity index (χ1) is 8.74. The van der Waals surface area contributed by atoms with Crippen molar-refractivity contribution >= 4 is 12.0 Å². The number of carbonyl (C=O) groups is 2. The predicted octanol–water partition coefficient (Wildman–Crippen LogP) is 1.14. The highest BCUT2D eigenvalue weighted by Crippen LogP contribution is 2.09. The maximum absolute atomic E-state index is 11.7. The van der Waals surface area contributed by atoms with Gasteiger partial charge in [0.1, 0.15) is 5.60 Å². The van der Waals surface area contributed by atoms with Gasteiger partial charge in [0.15, 0.2) is 0 Å². The summed E-state index contributed by atoms with van der Waals surface area (Å²) in [4.78, 5) is 22.5. The second kappa shape index (κ2) is 8.74. The smallest absolute Gasteiger partial charge is 0.407 e. The molecule has 19 heavy (non-hydrogen) atoms. The molecule has 0 saturated carbocycles. The molecular formula is C13H27N3O3. The lowest BCUT2D eigenvalue weighted by Gasteiger charge is -2.23. The number of ether oxygens (including phenoxy) is 1. The van der Waals surface area contributed by atoms with Crippen molar-refractivity contribution in [3.63, 3.8) is 0 Å². The van der Waals surface area contributed by atoms with E-state index in [1.807, 2.05) is 27.8 Å². The van der Waals surface area contributed by atoms with Gasteiger partial charge in [-0.15, -0.1) is 0 Å². The summed E-state index contributed by atoms with van der Waals surface area (Å²) in [5, 5.41) is 5.84. The Kier molecular flexibility index (Phi) is 8.14. The maximum atomic E-state index is 11.7. The van der Waals surface area contributed by atoms with Gasteiger partial charge in [-0.25, -0.2) is 4.79 Å². The summed E-state index contributed by atoms with van der Waals surface area (Å²) >= 11 is 0. The average molecular weight is 273 g/mol. The van der Waals surface area contributed by atoms with Crippen LogP contribution in [0.15, 0.2) is 0 Å². The molecule has 112 valence electrons. The molecule has 6 nitrogen and oxygen atoms in total. The van der Waals surface area contributed by atoms with Gasteiger partial charge in [0, 0.05) is 12.5 Å². The van der Waals surface area contributed by atoms with E-state index in [1.54, 1.807) is 0 Å². The first-order valence-corrected chi connectivity index (χ1v) is 6.67. The molecule has 0 spiro atoms.